The first-order valence-electron chi connectivity index (χ1n) is 5.61. The third-order valence-corrected chi connectivity index (χ3v) is 3.63. The smallest absolute Gasteiger partial charge is 0.194 e. The van der Waals surface area contributed by atoms with E-state index in [0.717, 1.165) is 27.7 Å². The first kappa shape index (κ1) is 12.9. The summed E-state index contributed by atoms with van der Waals surface area (Å²) in [4.78, 5) is 17.4. The Morgan fingerprint density at radius 2 is 1.67 bits per heavy atom. The van der Waals surface area contributed by atoms with Crippen molar-refractivity contribution in [1.82, 2.24) is 19.9 Å². The fourth-order valence-corrected chi connectivity index (χ4v) is 2.36. The monoisotopic (exact) mass is 261 g/mol. The molecule has 5 nitrogen and oxygen atoms in total. The van der Waals surface area contributed by atoms with Gasteiger partial charge in [-0.05, 0) is 38.1 Å². The Morgan fingerprint density at radius 3 is 2.28 bits per heavy atom. The molecular formula is C12H15N5S. The van der Waals surface area contributed by atoms with Crippen molar-refractivity contribution in [3.05, 3.63) is 35.0 Å². The number of hydrogen-bond donors (Lipinski definition) is 1. The van der Waals surface area contributed by atoms with E-state index in [-0.39, 0.29) is 0 Å². The van der Waals surface area contributed by atoms with Gasteiger partial charge in [-0.3, -0.25) is 4.98 Å². The third-order valence-electron chi connectivity index (χ3n) is 2.73. The largest absolute Gasteiger partial charge is 0.325 e. The van der Waals surface area contributed by atoms with Crippen molar-refractivity contribution in [2.24, 2.45) is 5.73 Å². The Labute approximate surface area is 110 Å². The van der Waals surface area contributed by atoms with Crippen molar-refractivity contribution >= 4 is 11.8 Å². The van der Waals surface area contributed by atoms with Crippen molar-refractivity contribution < 1.29 is 0 Å². The lowest BCUT2D eigenvalue weighted by Crippen LogP contribution is -2.04. The molecule has 0 atom stereocenters. The molecule has 0 amide bonds. The lowest BCUT2D eigenvalue weighted by atomic mass is 10.2. The van der Waals surface area contributed by atoms with Gasteiger partial charge in [0, 0.05) is 30.3 Å². The molecule has 2 aromatic heterocycles. The summed E-state index contributed by atoms with van der Waals surface area (Å²) in [5.41, 5.74) is 9.50. The van der Waals surface area contributed by atoms with Gasteiger partial charge >= 0.3 is 0 Å². The van der Waals surface area contributed by atoms with Crippen LogP contribution in [-0.4, -0.2) is 19.9 Å². The van der Waals surface area contributed by atoms with Crippen LogP contribution >= 0.6 is 11.8 Å². The summed E-state index contributed by atoms with van der Waals surface area (Å²) >= 11 is 1.40. The number of aromatic nitrogens is 4. The van der Waals surface area contributed by atoms with Crippen molar-refractivity contribution in [3.8, 4) is 0 Å². The van der Waals surface area contributed by atoms with Gasteiger partial charge in [-0.15, -0.1) is 0 Å². The quantitative estimate of drug-likeness (QED) is 0.849. The molecular weight excluding hydrogens is 246 g/mol. The van der Waals surface area contributed by atoms with E-state index in [0.29, 0.717) is 11.7 Å². The average molecular weight is 261 g/mol. The van der Waals surface area contributed by atoms with Crippen LogP contribution in [0.5, 0.6) is 0 Å². The highest BCUT2D eigenvalue weighted by Crippen LogP contribution is 2.25. The number of aryl methyl sites for hydroxylation is 2. The molecule has 0 aromatic carbocycles. The van der Waals surface area contributed by atoms with E-state index in [4.69, 9.17) is 5.73 Å². The van der Waals surface area contributed by atoms with E-state index < -0.39 is 0 Å². The zero-order chi connectivity index (χ0) is 13.1. The standard InChI is InChI=1S/C12H15N5S/c1-7-8(2)16-12(17-9(7)3)18-11-10(6-13)14-4-5-15-11/h4-5H,6,13H2,1-3H3. The molecule has 0 aliphatic carbocycles. The summed E-state index contributed by atoms with van der Waals surface area (Å²) in [5, 5.41) is 1.45. The molecule has 0 saturated carbocycles. The van der Waals surface area contributed by atoms with E-state index in [1.807, 2.05) is 20.8 Å². The maximum Gasteiger partial charge on any atom is 0.194 e. The minimum Gasteiger partial charge on any atom is -0.325 e. The molecule has 0 fully saturated rings. The second-order valence-corrected chi connectivity index (χ2v) is 4.87. The van der Waals surface area contributed by atoms with Gasteiger partial charge in [-0.25, -0.2) is 15.0 Å². The van der Waals surface area contributed by atoms with Gasteiger partial charge in [-0.1, -0.05) is 0 Å². The maximum absolute atomic E-state index is 5.63. The van der Waals surface area contributed by atoms with Gasteiger partial charge in [0.15, 0.2) is 5.16 Å². The molecule has 0 saturated heterocycles. The van der Waals surface area contributed by atoms with Crippen LogP contribution in [0.15, 0.2) is 22.6 Å². The Morgan fingerprint density at radius 1 is 1.06 bits per heavy atom. The van der Waals surface area contributed by atoms with Crippen LogP contribution in [0.1, 0.15) is 22.6 Å². The second-order valence-electron chi connectivity index (χ2n) is 3.92. The van der Waals surface area contributed by atoms with Gasteiger partial charge in [0.25, 0.3) is 0 Å². The summed E-state index contributed by atoms with van der Waals surface area (Å²) < 4.78 is 0. The highest BCUT2D eigenvalue weighted by molar-refractivity contribution is 7.99. The predicted octanol–water partition coefficient (Wildman–Crippen LogP) is 1.80. The van der Waals surface area contributed by atoms with Gasteiger partial charge in [-0.2, -0.15) is 0 Å². The topological polar surface area (TPSA) is 77.6 Å². The van der Waals surface area contributed by atoms with Crippen molar-refractivity contribution in [2.45, 2.75) is 37.5 Å². The summed E-state index contributed by atoms with van der Waals surface area (Å²) in [6, 6.07) is 0. The summed E-state index contributed by atoms with van der Waals surface area (Å²) in [6.07, 6.45) is 3.29. The molecule has 2 rings (SSSR count). The Balaban J connectivity index is 2.34. The van der Waals surface area contributed by atoms with Crippen molar-refractivity contribution in [1.29, 1.82) is 0 Å². The van der Waals surface area contributed by atoms with Crippen LogP contribution in [-0.2, 0) is 6.54 Å². The van der Waals surface area contributed by atoms with E-state index in [9.17, 15) is 0 Å². The molecule has 2 heterocycles. The normalized spacial score (nSPS) is 10.7. The molecule has 0 aliphatic heterocycles. The van der Waals surface area contributed by atoms with Crippen LogP contribution in [0.4, 0.5) is 0 Å². The van der Waals surface area contributed by atoms with E-state index in [1.165, 1.54) is 11.8 Å². The zero-order valence-corrected chi connectivity index (χ0v) is 11.5. The first-order valence-corrected chi connectivity index (χ1v) is 6.43. The van der Waals surface area contributed by atoms with E-state index in [2.05, 4.69) is 19.9 Å². The Hall–Kier alpha value is -1.53. The zero-order valence-electron chi connectivity index (χ0n) is 10.6. The van der Waals surface area contributed by atoms with Gasteiger partial charge in [0.2, 0.25) is 0 Å². The lowest BCUT2D eigenvalue weighted by molar-refractivity contribution is 0.858. The Kier molecular flexibility index (Phi) is 3.88. The number of hydrogen-bond acceptors (Lipinski definition) is 6. The number of nitrogens with two attached hydrogens (primary N) is 1. The maximum atomic E-state index is 5.63. The summed E-state index contributed by atoms with van der Waals surface area (Å²) in [5.74, 6) is 0. The second kappa shape index (κ2) is 5.41. The number of rotatable bonds is 3. The minimum atomic E-state index is 0.361. The summed E-state index contributed by atoms with van der Waals surface area (Å²) in [7, 11) is 0. The molecule has 2 aromatic rings. The number of nitrogens with zero attached hydrogens (tertiary/aromatic N) is 4. The lowest BCUT2D eigenvalue weighted by Gasteiger charge is -2.07. The highest BCUT2D eigenvalue weighted by atomic mass is 32.2. The Bertz CT molecular complexity index is 547. The minimum absolute atomic E-state index is 0.361. The predicted molar refractivity (Wildman–Crippen MR) is 70.3 cm³/mol. The van der Waals surface area contributed by atoms with Crippen molar-refractivity contribution in [3.63, 3.8) is 0 Å². The van der Waals surface area contributed by atoms with Gasteiger partial charge in [0.1, 0.15) is 5.03 Å². The first-order chi connectivity index (χ1) is 8.61. The molecule has 94 valence electrons. The molecule has 0 spiro atoms. The van der Waals surface area contributed by atoms with E-state index >= 15 is 0 Å². The SMILES string of the molecule is Cc1nc(Sc2nccnc2CN)nc(C)c1C. The van der Waals surface area contributed by atoms with E-state index in [1.54, 1.807) is 12.4 Å². The van der Waals surface area contributed by atoms with Gasteiger partial charge < -0.3 is 5.73 Å². The van der Waals surface area contributed by atoms with Crippen LogP contribution in [0.25, 0.3) is 0 Å². The highest BCUT2D eigenvalue weighted by Gasteiger charge is 2.10. The molecule has 0 aliphatic rings. The van der Waals surface area contributed by atoms with Crippen molar-refractivity contribution in [2.75, 3.05) is 0 Å². The van der Waals surface area contributed by atoms with Crippen LogP contribution in [0.3, 0.4) is 0 Å². The molecule has 0 unspecified atom stereocenters. The van der Waals surface area contributed by atoms with Crippen LogP contribution in [0, 0.1) is 20.8 Å². The average Bonchev–Trinajstić information content (AvgIpc) is 2.36. The van der Waals surface area contributed by atoms with Gasteiger partial charge in [0.05, 0.1) is 5.69 Å². The molecule has 18 heavy (non-hydrogen) atoms. The molecule has 6 heteroatoms. The fraction of sp³-hybridized carbons (Fsp3) is 0.333. The van der Waals surface area contributed by atoms with Crippen LogP contribution < -0.4 is 5.73 Å². The molecule has 0 bridgehead atoms. The third kappa shape index (κ3) is 2.65. The summed E-state index contributed by atoms with van der Waals surface area (Å²) in [6.45, 7) is 6.34. The fourth-order valence-electron chi connectivity index (χ4n) is 1.45. The van der Waals surface area contributed by atoms with Crippen LogP contribution in [0.2, 0.25) is 0 Å². The molecule has 0 radical (unpaired) electrons. The molecule has 2 N–H and O–H groups in total.